The van der Waals surface area contributed by atoms with Crippen molar-refractivity contribution in [3.63, 3.8) is 0 Å². The number of carbonyl (C=O) groups excluding carboxylic acids is 2. The third kappa shape index (κ3) is 4.66. The highest BCUT2D eigenvalue weighted by Gasteiger charge is 2.48. The summed E-state index contributed by atoms with van der Waals surface area (Å²) in [6, 6.07) is 4.46. The zero-order valence-electron chi connectivity index (χ0n) is 18.3. The van der Waals surface area contributed by atoms with E-state index < -0.39 is 55.0 Å². The molecule has 1 aromatic carbocycles. The van der Waals surface area contributed by atoms with Gasteiger partial charge in [-0.2, -0.15) is 5.10 Å². The van der Waals surface area contributed by atoms with E-state index in [-0.39, 0.29) is 28.2 Å². The lowest BCUT2D eigenvalue weighted by Gasteiger charge is -2.26. The number of aromatic nitrogens is 3. The minimum Gasteiger partial charge on any atom is -0.476 e. The number of nitrogens with zero attached hydrogens (tertiary/aromatic N) is 4. The number of halogens is 3. The van der Waals surface area contributed by atoms with Crippen LogP contribution < -0.4 is 5.32 Å². The molecule has 0 unspecified atom stereocenters. The lowest BCUT2D eigenvalue weighted by Crippen LogP contribution is -2.51. The number of amides is 2. The maximum atomic E-state index is 14.7. The molecular weight excluding hydrogens is 488 g/mol. The standard InChI is InChI=1S/C22H20ClF2N5O5/c1-35-20-14(24)9-29(19(20)21(32)27-7-11-3-2-4-13(23)17(11)25)16(31)10-30-15-5-6-26-8-12(15)18(28-30)22(33)34/h2-6,8,14,19-20H,7,9-10H2,1H3,(H,27,32)(H,33,34)/t14-,19-,20+/m0/s1. The summed E-state index contributed by atoms with van der Waals surface area (Å²) in [5.74, 6) is -3.43. The van der Waals surface area contributed by atoms with E-state index >= 15 is 0 Å². The number of hydrogen-bond acceptors (Lipinski definition) is 6. The molecule has 4 rings (SSSR count). The molecule has 2 aromatic heterocycles. The highest BCUT2D eigenvalue weighted by Crippen LogP contribution is 2.26. The SMILES string of the molecule is CO[C@H]1[C@@H](C(=O)NCc2cccc(Cl)c2F)N(C(=O)Cn2nc(C(=O)O)c3cnccc32)C[C@@H]1F. The van der Waals surface area contributed by atoms with Crippen LogP contribution in [0.1, 0.15) is 16.1 Å². The summed E-state index contributed by atoms with van der Waals surface area (Å²) in [5.41, 5.74) is 0.158. The molecular formula is C22H20ClF2N5O5. The van der Waals surface area contributed by atoms with Gasteiger partial charge in [0.25, 0.3) is 0 Å². The van der Waals surface area contributed by atoms with Crippen LogP contribution in [0.4, 0.5) is 8.78 Å². The van der Waals surface area contributed by atoms with Gasteiger partial charge in [-0.25, -0.2) is 13.6 Å². The van der Waals surface area contributed by atoms with Crippen LogP contribution in [0.15, 0.2) is 36.7 Å². The summed E-state index contributed by atoms with van der Waals surface area (Å²) in [7, 11) is 1.22. The lowest BCUT2D eigenvalue weighted by molar-refractivity contribution is -0.141. The van der Waals surface area contributed by atoms with Crippen molar-refractivity contribution in [3.8, 4) is 0 Å². The summed E-state index contributed by atoms with van der Waals surface area (Å²) in [4.78, 5) is 42.6. The summed E-state index contributed by atoms with van der Waals surface area (Å²) in [6.07, 6.45) is -0.185. The molecule has 1 saturated heterocycles. The molecule has 2 amide bonds. The van der Waals surface area contributed by atoms with Gasteiger partial charge in [-0.05, 0) is 12.1 Å². The fourth-order valence-electron chi connectivity index (χ4n) is 4.10. The number of nitrogens with one attached hydrogen (secondary N) is 1. The molecule has 2 N–H and O–H groups in total. The van der Waals surface area contributed by atoms with Gasteiger partial charge < -0.3 is 20.1 Å². The largest absolute Gasteiger partial charge is 0.476 e. The molecule has 10 nitrogen and oxygen atoms in total. The average Bonchev–Trinajstić information content (AvgIpc) is 3.37. The number of methoxy groups -OCH3 is 1. The predicted octanol–water partition coefficient (Wildman–Crippen LogP) is 1.80. The predicted molar refractivity (Wildman–Crippen MR) is 119 cm³/mol. The minimum absolute atomic E-state index is 0.115. The molecule has 1 fully saturated rings. The van der Waals surface area contributed by atoms with Crippen molar-refractivity contribution in [2.75, 3.05) is 13.7 Å². The second-order valence-corrected chi connectivity index (χ2v) is 8.25. The van der Waals surface area contributed by atoms with Gasteiger partial charge >= 0.3 is 5.97 Å². The molecule has 0 radical (unpaired) electrons. The fraction of sp³-hybridized carbons (Fsp3) is 0.318. The summed E-state index contributed by atoms with van der Waals surface area (Å²) in [5, 5.41) is 16.0. The van der Waals surface area contributed by atoms with Crippen LogP contribution in [-0.4, -0.2) is 74.5 Å². The third-order valence-electron chi connectivity index (χ3n) is 5.76. The van der Waals surface area contributed by atoms with Crippen LogP contribution in [-0.2, 0) is 27.4 Å². The number of alkyl halides is 1. The van der Waals surface area contributed by atoms with E-state index in [4.69, 9.17) is 16.3 Å². The number of aromatic carboxylic acids is 1. The Morgan fingerprint density at radius 1 is 1.31 bits per heavy atom. The first kappa shape index (κ1) is 24.5. The molecule has 0 aliphatic carbocycles. The zero-order valence-corrected chi connectivity index (χ0v) is 19.1. The van der Waals surface area contributed by atoms with Crippen molar-refractivity contribution in [1.82, 2.24) is 25.0 Å². The van der Waals surface area contributed by atoms with Gasteiger partial charge in [0.15, 0.2) is 5.69 Å². The molecule has 35 heavy (non-hydrogen) atoms. The van der Waals surface area contributed by atoms with Gasteiger partial charge in [-0.3, -0.25) is 19.3 Å². The Morgan fingerprint density at radius 2 is 2.09 bits per heavy atom. The quantitative estimate of drug-likeness (QED) is 0.499. The number of ether oxygens (including phenoxy) is 1. The second kappa shape index (κ2) is 9.92. The molecule has 0 bridgehead atoms. The number of fused-ring (bicyclic) bond motifs is 1. The van der Waals surface area contributed by atoms with Gasteiger partial charge in [0, 0.05) is 31.6 Å². The highest BCUT2D eigenvalue weighted by atomic mass is 35.5. The molecule has 3 heterocycles. The van der Waals surface area contributed by atoms with Crippen LogP contribution in [0.2, 0.25) is 5.02 Å². The van der Waals surface area contributed by atoms with Crippen LogP contribution in [0.3, 0.4) is 0 Å². The molecule has 1 aliphatic rings. The Bertz CT molecular complexity index is 1300. The highest BCUT2D eigenvalue weighted by molar-refractivity contribution is 6.30. The number of carboxylic acid groups (broad SMARTS) is 1. The first-order chi connectivity index (χ1) is 16.7. The van der Waals surface area contributed by atoms with E-state index in [1.807, 2.05) is 0 Å². The monoisotopic (exact) mass is 507 g/mol. The maximum Gasteiger partial charge on any atom is 0.357 e. The van der Waals surface area contributed by atoms with E-state index in [0.29, 0.717) is 5.52 Å². The number of carbonyl (C=O) groups is 3. The van der Waals surface area contributed by atoms with Gasteiger partial charge in [-0.15, -0.1) is 0 Å². The minimum atomic E-state index is -1.66. The maximum absolute atomic E-state index is 14.7. The molecule has 0 spiro atoms. The molecule has 3 aromatic rings. The van der Waals surface area contributed by atoms with Crippen molar-refractivity contribution >= 4 is 40.3 Å². The smallest absolute Gasteiger partial charge is 0.357 e. The molecule has 3 atom stereocenters. The van der Waals surface area contributed by atoms with Crippen molar-refractivity contribution in [1.29, 1.82) is 0 Å². The average molecular weight is 508 g/mol. The normalized spacial score (nSPS) is 19.8. The first-order valence-electron chi connectivity index (χ1n) is 10.4. The van der Waals surface area contributed by atoms with Crippen molar-refractivity contribution in [3.05, 3.63) is 58.8 Å². The number of likely N-dealkylation sites (tertiary alicyclic amines) is 1. The summed E-state index contributed by atoms with van der Waals surface area (Å²) < 4.78 is 35.2. The van der Waals surface area contributed by atoms with Gasteiger partial charge in [0.2, 0.25) is 11.8 Å². The topological polar surface area (TPSA) is 127 Å². The zero-order chi connectivity index (χ0) is 25.3. The Morgan fingerprint density at radius 3 is 2.80 bits per heavy atom. The first-order valence-corrected chi connectivity index (χ1v) is 10.8. The van der Waals surface area contributed by atoms with Crippen molar-refractivity contribution < 1.29 is 33.0 Å². The Hall–Kier alpha value is -3.64. The van der Waals surface area contributed by atoms with Crippen LogP contribution in [0, 0.1) is 5.82 Å². The number of hydrogen-bond donors (Lipinski definition) is 2. The van der Waals surface area contributed by atoms with Gasteiger partial charge in [-0.1, -0.05) is 23.7 Å². The Balaban J connectivity index is 1.56. The van der Waals surface area contributed by atoms with E-state index in [2.05, 4.69) is 15.4 Å². The number of benzene rings is 1. The van der Waals surface area contributed by atoms with Crippen LogP contribution >= 0.6 is 11.6 Å². The molecule has 13 heteroatoms. The van der Waals surface area contributed by atoms with Gasteiger partial charge in [0.1, 0.15) is 30.7 Å². The van der Waals surface area contributed by atoms with E-state index in [0.717, 1.165) is 9.58 Å². The lowest BCUT2D eigenvalue weighted by atomic mass is 10.1. The Labute approximate surface area is 202 Å². The summed E-state index contributed by atoms with van der Waals surface area (Å²) in [6.45, 7) is -1.12. The van der Waals surface area contributed by atoms with E-state index in [9.17, 15) is 28.3 Å². The van der Waals surface area contributed by atoms with Crippen molar-refractivity contribution in [2.24, 2.45) is 0 Å². The van der Waals surface area contributed by atoms with Crippen LogP contribution in [0.5, 0.6) is 0 Å². The number of carboxylic acids is 1. The molecule has 1 aliphatic heterocycles. The number of pyridine rings is 1. The fourth-order valence-corrected chi connectivity index (χ4v) is 4.29. The van der Waals surface area contributed by atoms with E-state index in [1.54, 1.807) is 0 Å². The van der Waals surface area contributed by atoms with Gasteiger partial charge in [0.05, 0.1) is 22.5 Å². The third-order valence-corrected chi connectivity index (χ3v) is 6.05. The number of rotatable bonds is 7. The second-order valence-electron chi connectivity index (χ2n) is 7.84. The van der Waals surface area contributed by atoms with E-state index in [1.165, 1.54) is 43.8 Å². The molecule has 0 saturated carbocycles. The van der Waals surface area contributed by atoms with Crippen molar-refractivity contribution in [2.45, 2.75) is 31.4 Å². The Kier molecular flexibility index (Phi) is 6.94. The summed E-state index contributed by atoms with van der Waals surface area (Å²) >= 11 is 5.77. The molecule has 184 valence electrons. The van der Waals surface area contributed by atoms with Crippen LogP contribution in [0.25, 0.3) is 10.9 Å².